The minimum Gasteiger partial charge on any atom is -0.440 e. The standard InChI is InChI=1S/C11H15NO4S/c1-2-9-5-6-12(7-9)17(14,15)11-4-3-10(8-13)16-11/h3-4,8-9H,2,5-7H2,1H3. The highest BCUT2D eigenvalue weighted by Gasteiger charge is 2.33. The lowest BCUT2D eigenvalue weighted by molar-refractivity contribution is 0.109. The van der Waals surface area contributed by atoms with Gasteiger partial charge in [-0.2, -0.15) is 4.31 Å². The molecule has 0 radical (unpaired) electrons. The van der Waals surface area contributed by atoms with E-state index in [0.717, 1.165) is 12.8 Å². The number of carbonyl (C=O) groups excluding carboxylic acids is 1. The van der Waals surface area contributed by atoms with Crippen LogP contribution in [0.4, 0.5) is 0 Å². The Morgan fingerprint density at radius 1 is 1.53 bits per heavy atom. The Morgan fingerprint density at radius 2 is 2.29 bits per heavy atom. The van der Waals surface area contributed by atoms with Crippen molar-refractivity contribution >= 4 is 16.3 Å². The highest BCUT2D eigenvalue weighted by atomic mass is 32.2. The Balaban J connectivity index is 2.22. The first-order valence-corrected chi connectivity index (χ1v) is 7.07. The highest BCUT2D eigenvalue weighted by molar-refractivity contribution is 7.89. The molecule has 1 fully saturated rings. The molecule has 0 spiro atoms. The van der Waals surface area contributed by atoms with E-state index in [2.05, 4.69) is 6.92 Å². The number of nitrogens with zero attached hydrogens (tertiary/aromatic N) is 1. The van der Waals surface area contributed by atoms with Crippen LogP contribution in [0.15, 0.2) is 21.6 Å². The molecule has 0 bridgehead atoms. The fraction of sp³-hybridized carbons (Fsp3) is 0.545. The zero-order valence-corrected chi connectivity index (χ0v) is 10.4. The van der Waals surface area contributed by atoms with Gasteiger partial charge in [-0.15, -0.1) is 0 Å². The number of sulfonamides is 1. The molecule has 2 rings (SSSR count). The van der Waals surface area contributed by atoms with Crippen molar-refractivity contribution in [3.8, 4) is 0 Å². The Morgan fingerprint density at radius 3 is 2.82 bits per heavy atom. The van der Waals surface area contributed by atoms with E-state index in [0.29, 0.717) is 25.3 Å². The van der Waals surface area contributed by atoms with Crippen LogP contribution in [0.2, 0.25) is 0 Å². The molecule has 1 aromatic rings. The largest absolute Gasteiger partial charge is 0.440 e. The van der Waals surface area contributed by atoms with Crippen LogP contribution in [0.25, 0.3) is 0 Å². The lowest BCUT2D eigenvalue weighted by Crippen LogP contribution is -2.28. The van der Waals surface area contributed by atoms with Crippen molar-refractivity contribution in [2.45, 2.75) is 24.9 Å². The van der Waals surface area contributed by atoms with Crippen molar-refractivity contribution in [3.05, 3.63) is 17.9 Å². The molecule has 94 valence electrons. The molecular weight excluding hydrogens is 242 g/mol. The van der Waals surface area contributed by atoms with Crippen molar-refractivity contribution < 1.29 is 17.6 Å². The third kappa shape index (κ3) is 2.28. The molecule has 1 aliphatic heterocycles. The van der Waals surface area contributed by atoms with E-state index in [9.17, 15) is 13.2 Å². The van der Waals surface area contributed by atoms with Crippen molar-refractivity contribution in [3.63, 3.8) is 0 Å². The first-order valence-electron chi connectivity index (χ1n) is 5.63. The smallest absolute Gasteiger partial charge is 0.276 e. The van der Waals surface area contributed by atoms with E-state index >= 15 is 0 Å². The summed E-state index contributed by atoms with van der Waals surface area (Å²) < 4.78 is 30.7. The molecule has 17 heavy (non-hydrogen) atoms. The predicted molar refractivity (Wildman–Crippen MR) is 61.3 cm³/mol. The summed E-state index contributed by atoms with van der Waals surface area (Å²) in [5.41, 5.74) is 0. The molecule has 5 nitrogen and oxygen atoms in total. The van der Waals surface area contributed by atoms with E-state index in [1.807, 2.05) is 0 Å². The zero-order valence-electron chi connectivity index (χ0n) is 9.63. The fourth-order valence-corrected chi connectivity index (χ4v) is 3.46. The van der Waals surface area contributed by atoms with Gasteiger partial charge in [0, 0.05) is 13.1 Å². The van der Waals surface area contributed by atoms with E-state index in [1.165, 1.54) is 16.4 Å². The molecule has 0 amide bonds. The van der Waals surface area contributed by atoms with Gasteiger partial charge < -0.3 is 4.42 Å². The minimum atomic E-state index is -3.56. The molecule has 0 saturated carbocycles. The van der Waals surface area contributed by atoms with Gasteiger partial charge in [-0.1, -0.05) is 13.3 Å². The van der Waals surface area contributed by atoms with Crippen LogP contribution in [0.5, 0.6) is 0 Å². The molecule has 1 saturated heterocycles. The molecular formula is C11H15NO4S. The Labute approximate surface area is 100 Å². The number of hydrogen-bond acceptors (Lipinski definition) is 4. The molecule has 1 unspecified atom stereocenters. The summed E-state index contributed by atoms with van der Waals surface area (Å²) in [6.07, 6.45) is 2.36. The van der Waals surface area contributed by atoms with Crippen LogP contribution in [0.3, 0.4) is 0 Å². The second kappa shape index (κ2) is 4.62. The third-order valence-corrected chi connectivity index (χ3v) is 4.88. The molecule has 1 aromatic heterocycles. The van der Waals surface area contributed by atoms with E-state index in [1.54, 1.807) is 0 Å². The molecule has 0 aliphatic carbocycles. The second-order valence-corrected chi connectivity index (χ2v) is 6.07. The van der Waals surface area contributed by atoms with Crippen molar-refractivity contribution in [2.24, 2.45) is 5.92 Å². The fourth-order valence-electron chi connectivity index (χ4n) is 2.01. The molecule has 1 atom stereocenters. The summed E-state index contributed by atoms with van der Waals surface area (Å²) in [6.45, 7) is 3.12. The van der Waals surface area contributed by atoms with E-state index < -0.39 is 10.0 Å². The van der Waals surface area contributed by atoms with Gasteiger partial charge in [0.25, 0.3) is 10.0 Å². The van der Waals surface area contributed by atoms with Gasteiger partial charge in [-0.05, 0) is 24.5 Å². The van der Waals surface area contributed by atoms with Crippen LogP contribution in [-0.2, 0) is 10.0 Å². The lowest BCUT2D eigenvalue weighted by Gasteiger charge is -2.13. The maximum absolute atomic E-state index is 12.1. The second-order valence-electron chi connectivity index (χ2n) is 4.20. The molecule has 0 N–H and O–H groups in total. The molecule has 2 heterocycles. The summed E-state index contributed by atoms with van der Waals surface area (Å²) >= 11 is 0. The Hall–Kier alpha value is -1.14. The summed E-state index contributed by atoms with van der Waals surface area (Å²) in [4.78, 5) is 10.5. The highest BCUT2D eigenvalue weighted by Crippen LogP contribution is 2.26. The van der Waals surface area contributed by atoms with Crippen molar-refractivity contribution in [2.75, 3.05) is 13.1 Å². The van der Waals surface area contributed by atoms with Crippen LogP contribution in [-0.4, -0.2) is 32.1 Å². The minimum absolute atomic E-state index is 0.0369. The number of carbonyl (C=O) groups is 1. The van der Waals surface area contributed by atoms with Gasteiger partial charge in [0.15, 0.2) is 12.0 Å². The SMILES string of the molecule is CCC1CCN(S(=O)(=O)c2ccc(C=O)o2)C1. The van der Waals surface area contributed by atoms with Gasteiger partial charge in [-0.25, -0.2) is 8.42 Å². The van der Waals surface area contributed by atoms with Crippen LogP contribution in [0.1, 0.15) is 30.3 Å². The maximum atomic E-state index is 12.1. The van der Waals surface area contributed by atoms with Crippen LogP contribution >= 0.6 is 0 Å². The summed E-state index contributed by atoms with van der Waals surface area (Å²) in [6, 6.07) is 2.70. The molecule has 0 aromatic carbocycles. The van der Waals surface area contributed by atoms with Gasteiger partial charge in [0.2, 0.25) is 5.09 Å². The van der Waals surface area contributed by atoms with Gasteiger partial charge >= 0.3 is 0 Å². The molecule has 1 aliphatic rings. The molecule has 6 heteroatoms. The van der Waals surface area contributed by atoms with Crippen LogP contribution in [0, 0.1) is 5.92 Å². The first-order chi connectivity index (χ1) is 8.07. The number of rotatable bonds is 4. The van der Waals surface area contributed by atoms with Crippen molar-refractivity contribution in [1.29, 1.82) is 0 Å². The van der Waals surface area contributed by atoms with Crippen molar-refractivity contribution in [1.82, 2.24) is 4.31 Å². The average molecular weight is 257 g/mol. The lowest BCUT2D eigenvalue weighted by atomic mass is 10.1. The number of furan rings is 1. The van der Waals surface area contributed by atoms with E-state index in [-0.39, 0.29) is 10.9 Å². The maximum Gasteiger partial charge on any atom is 0.276 e. The van der Waals surface area contributed by atoms with Crippen LogP contribution < -0.4 is 0 Å². The predicted octanol–water partition coefficient (Wildman–Crippen LogP) is 1.51. The van der Waals surface area contributed by atoms with Gasteiger partial charge in [0.05, 0.1) is 0 Å². The summed E-state index contributed by atoms with van der Waals surface area (Å²) in [5.74, 6) is 0.458. The first kappa shape index (κ1) is 12.3. The number of hydrogen-bond donors (Lipinski definition) is 0. The quantitative estimate of drug-likeness (QED) is 0.767. The Kier molecular flexibility index (Phi) is 3.35. The third-order valence-electron chi connectivity index (χ3n) is 3.14. The Bertz CT molecular complexity index is 505. The summed E-state index contributed by atoms with van der Waals surface area (Å²) in [5, 5.41) is -0.142. The normalized spacial score (nSPS) is 21.8. The van der Waals surface area contributed by atoms with Gasteiger partial charge in [0.1, 0.15) is 0 Å². The average Bonchev–Trinajstić information content (AvgIpc) is 2.98. The summed E-state index contributed by atoms with van der Waals surface area (Å²) in [7, 11) is -3.56. The number of aldehydes is 1. The topological polar surface area (TPSA) is 67.6 Å². The van der Waals surface area contributed by atoms with E-state index in [4.69, 9.17) is 4.42 Å². The zero-order chi connectivity index (χ0) is 12.5. The van der Waals surface area contributed by atoms with Gasteiger partial charge in [-0.3, -0.25) is 4.79 Å². The monoisotopic (exact) mass is 257 g/mol.